The topological polar surface area (TPSA) is 61.8 Å². The van der Waals surface area contributed by atoms with Gasteiger partial charge in [-0.3, -0.25) is 4.79 Å². The van der Waals surface area contributed by atoms with Crippen LogP contribution in [-0.4, -0.2) is 47.7 Å². The first-order valence-electron chi connectivity index (χ1n) is 10.2. The van der Waals surface area contributed by atoms with Crippen molar-refractivity contribution in [2.75, 3.05) is 26.2 Å². The van der Waals surface area contributed by atoms with E-state index in [4.69, 9.17) is 4.74 Å². The van der Waals surface area contributed by atoms with Gasteiger partial charge in [-0.2, -0.15) is 0 Å². The summed E-state index contributed by atoms with van der Waals surface area (Å²) < 4.78 is 6.48. The number of carbonyl (C=O) groups is 1. The number of aromatic hydroxyl groups is 1. The minimum atomic E-state index is -0.839. The Morgan fingerprint density at radius 2 is 1.74 bits per heavy atom. The third kappa shape index (κ3) is 3.42. The number of piperazine rings is 1. The first-order valence-corrected chi connectivity index (χ1v) is 10.2. The summed E-state index contributed by atoms with van der Waals surface area (Å²) in [5.74, 6) is 1.70. The Morgan fingerprint density at radius 1 is 1.15 bits per heavy atom. The van der Waals surface area contributed by atoms with Gasteiger partial charge in [-0.1, -0.05) is 27.7 Å². The highest BCUT2D eigenvalue weighted by atomic mass is 16.5. The van der Waals surface area contributed by atoms with Gasteiger partial charge < -0.3 is 20.1 Å². The van der Waals surface area contributed by atoms with Gasteiger partial charge in [-0.15, -0.1) is 0 Å². The number of hydrogen-bond acceptors (Lipinski definition) is 4. The molecule has 3 rings (SSSR count). The third-order valence-corrected chi connectivity index (χ3v) is 6.04. The van der Waals surface area contributed by atoms with Crippen molar-refractivity contribution in [2.45, 2.75) is 71.8 Å². The van der Waals surface area contributed by atoms with Crippen molar-refractivity contribution < 1.29 is 14.6 Å². The van der Waals surface area contributed by atoms with Crippen LogP contribution in [0.4, 0.5) is 0 Å². The average Bonchev–Trinajstić information content (AvgIpc) is 2.62. The zero-order valence-electron chi connectivity index (χ0n) is 17.6. The van der Waals surface area contributed by atoms with E-state index in [1.807, 2.05) is 18.7 Å². The number of rotatable bonds is 3. The monoisotopic (exact) mass is 374 g/mol. The molecule has 0 saturated carbocycles. The Balaban J connectivity index is 2.05. The molecule has 1 aromatic carbocycles. The van der Waals surface area contributed by atoms with Crippen LogP contribution in [0.15, 0.2) is 0 Å². The van der Waals surface area contributed by atoms with Crippen molar-refractivity contribution in [1.82, 2.24) is 10.2 Å². The SMILES string of the molecule is Cc1c2c(c(C(C)C)c(O)c1C(C)C)CCC(C)(C(=O)N1CCNCC1)O2. The summed E-state index contributed by atoms with van der Waals surface area (Å²) in [6.07, 6.45) is 1.40. The molecular weight excluding hydrogens is 340 g/mol. The van der Waals surface area contributed by atoms with E-state index >= 15 is 0 Å². The molecule has 5 nitrogen and oxygen atoms in total. The largest absolute Gasteiger partial charge is 0.507 e. The molecule has 2 heterocycles. The minimum Gasteiger partial charge on any atom is -0.507 e. The standard InChI is InChI=1S/C22H34N2O3/c1-13(2)17-15(5)20-16(18(14(3)4)19(17)25)7-8-22(6,27-20)21(26)24-11-9-23-10-12-24/h13-14,23,25H,7-12H2,1-6H3. The maximum absolute atomic E-state index is 13.2. The normalized spacial score (nSPS) is 22.7. The first kappa shape index (κ1) is 20.0. The Labute approximate surface area is 163 Å². The Hall–Kier alpha value is -1.75. The lowest BCUT2D eigenvalue weighted by atomic mass is 9.81. The van der Waals surface area contributed by atoms with Crippen LogP contribution in [0, 0.1) is 6.92 Å². The fourth-order valence-corrected chi connectivity index (χ4v) is 4.64. The Bertz CT molecular complexity index is 736. The molecule has 27 heavy (non-hydrogen) atoms. The van der Waals surface area contributed by atoms with Crippen molar-refractivity contribution >= 4 is 5.91 Å². The molecule has 0 aliphatic carbocycles. The molecule has 150 valence electrons. The highest BCUT2D eigenvalue weighted by Gasteiger charge is 2.44. The molecule has 1 atom stereocenters. The molecule has 0 aromatic heterocycles. The van der Waals surface area contributed by atoms with E-state index in [2.05, 4.69) is 33.0 Å². The van der Waals surface area contributed by atoms with Gasteiger partial charge in [0.2, 0.25) is 0 Å². The van der Waals surface area contributed by atoms with Crippen LogP contribution < -0.4 is 10.1 Å². The van der Waals surface area contributed by atoms with Gasteiger partial charge in [0.15, 0.2) is 5.60 Å². The van der Waals surface area contributed by atoms with E-state index in [0.717, 1.165) is 60.6 Å². The van der Waals surface area contributed by atoms with E-state index in [9.17, 15) is 9.90 Å². The molecule has 0 radical (unpaired) electrons. The van der Waals surface area contributed by atoms with Crippen LogP contribution in [0.3, 0.4) is 0 Å². The lowest BCUT2D eigenvalue weighted by Crippen LogP contribution is -2.57. The molecule has 5 heteroatoms. The quantitative estimate of drug-likeness (QED) is 0.850. The van der Waals surface area contributed by atoms with E-state index in [1.54, 1.807) is 0 Å². The Morgan fingerprint density at radius 3 is 2.30 bits per heavy atom. The Kier molecular flexibility index (Phi) is 5.44. The second-order valence-electron chi connectivity index (χ2n) is 8.79. The molecule has 1 saturated heterocycles. The number of fused-ring (bicyclic) bond motifs is 1. The first-order chi connectivity index (χ1) is 12.7. The number of nitrogens with zero attached hydrogens (tertiary/aromatic N) is 1. The van der Waals surface area contributed by atoms with Gasteiger partial charge in [0.1, 0.15) is 11.5 Å². The smallest absolute Gasteiger partial charge is 0.266 e. The van der Waals surface area contributed by atoms with E-state index in [1.165, 1.54) is 0 Å². The number of nitrogens with one attached hydrogen (secondary N) is 1. The van der Waals surface area contributed by atoms with E-state index in [0.29, 0.717) is 12.2 Å². The van der Waals surface area contributed by atoms with E-state index < -0.39 is 5.60 Å². The highest BCUT2D eigenvalue weighted by molar-refractivity contribution is 5.86. The molecule has 1 aromatic rings. The maximum atomic E-state index is 13.2. The number of ether oxygens (including phenoxy) is 1. The fraction of sp³-hybridized carbons (Fsp3) is 0.682. The summed E-state index contributed by atoms with van der Waals surface area (Å²) in [4.78, 5) is 15.1. The van der Waals surface area contributed by atoms with Crippen LogP contribution in [0.1, 0.15) is 75.1 Å². The van der Waals surface area contributed by atoms with Gasteiger partial charge in [0.05, 0.1) is 0 Å². The molecule has 0 bridgehead atoms. The summed E-state index contributed by atoms with van der Waals surface area (Å²) in [5.41, 5.74) is 3.14. The van der Waals surface area contributed by atoms with Gasteiger partial charge in [-0.05, 0) is 37.7 Å². The molecule has 1 unspecified atom stereocenters. The second kappa shape index (κ2) is 7.34. The van der Waals surface area contributed by atoms with Crippen molar-refractivity contribution in [2.24, 2.45) is 0 Å². The molecule has 1 amide bonds. The number of phenols is 1. The highest BCUT2D eigenvalue weighted by Crippen LogP contribution is 2.48. The van der Waals surface area contributed by atoms with Crippen LogP contribution in [0.2, 0.25) is 0 Å². The number of carbonyl (C=O) groups excluding carboxylic acids is 1. The predicted molar refractivity (Wildman–Crippen MR) is 108 cm³/mol. The summed E-state index contributed by atoms with van der Waals surface area (Å²) in [6.45, 7) is 15.5. The van der Waals surface area contributed by atoms with Crippen LogP contribution >= 0.6 is 0 Å². The zero-order chi connectivity index (χ0) is 19.9. The predicted octanol–water partition coefficient (Wildman–Crippen LogP) is 3.46. The average molecular weight is 375 g/mol. The fourth-order valence-electron chi connectivity index (χ4n) is 4.64. The van der Waals surface area contributed by atoms with Crippen LogP contribution in [-0.2, 0) is 11.2 Å². The molecular formula is C22H34N2O3. The van der Waals surface area contributed by atoms with Gasteiger partial charge in [0, 0.05) is 49.3 Å². The van der Waals surface area contributed by atoms with Crippen molar-refractivity contribution in [3.05, 3.63) is 22.3 Å². The molecule has 2 aliphatic rings. The summed E-state index contributed by atoms with van der Waals surface area (Å²) in [6, 6.07) is 0. The summed E-state index contributed by atoms with van der Waals surface area (Å²) in [7, 11) is 0. The number of benzene rings is 1. The third-order valence-electron chi connectivity index (χ3n) is 6.04. The zero-order valence-corrected chi connectivity index (χ0v) is 17.6. The maximum Gasteiger partial charge on any atom is 0.266 e. The van der Waals surface area contributed by atoms with Gasteiger partial charge in [0.25, 0.3) is 5.91 Å². The number of amides is 1. The van der Waals surface area contributed by atoms with Crippen LogP contribution in [0.25, 0.3) is 0 Å². The van der Waals surface area contributed by atoms with Gasteiger partial charge >= 0.3 is 0 Å². The van der Waals surface area contributed by atoms with Crippen LogP contribution in [0.5, 0.6) is 11.5 Å². The summed E-state index contributed by atoms with van der Waals surface area (Å²) in [5, 5.41) is 14.3. The summed E-state index contributed by atoms with van der Waals surface area (Å²) >= 11 is 0. The van der Waals surface area contributed by atoms with Crippen molar-refractivity contribution in [3.8, 4) is 11.5 Å². The van der Waals surface area contributed by atoms with Crippen molar-refractivity contribution in [1.29, 1.82) is 0 Å². The second-order valence-corrected chi connectivity index (χ2v) is 8.79. The lowest BCUT2D eigenvalue weighted by molar-refractivity contribution is -0.149. The minimum absolute atomic E-state index is 0.0827. The molecule has 1 fully saturated rings. The number of phenolic OH excluding ortho intramolecular Hbond substituents is 1. The molecule has 0 spiro atoms. The molecule has 2 aliphatic heterocycles. The number of hydrogen-bond donors (Lipinski definition) is 2. The van der Waals surface area contributed by atoms with Gasteiger partial charge in [-0.25, -0.2) is 0 Å². The van der Waals surface area contributed by atoms with E-state index in [-0.39, 0.29) is 17.7 Å². The lowest BCUT2D eigenvalue weighted by Gasteiger charge is -2.41. The van der Waals surface area contributed by atoms with Crippen molar-refractivity contribution in [3.63, 3.8) is 0 Å². The molecule has 2 N–H and O–H groups in total.